The normalized spacial score (nSPS) is 24.2. The molecule has 0 spiro atoms. The summed E-state index contributed by atoms with van der Waals surface area (Å²) in [6, 6.07) is 6.51. The summed E-state index contributed by atoms with van der Waals surface area (Å²) in [6.45, 7) is 3.92. The zero-order chi connectivity index (χ0) is 17.8. The molecule has 5 nitrogen and oxygen atoms in total. The monoisotopic (exact) mass is 358 g/mol. The summed E-state index contributed by atoms with van der Waals surface area (Å²) in [6.07, 6.45) is 8.20. The van der Waals surface area contributed by atoms with E-state index in [1.807, 2.05) is 12.1 Å². The molecular weight excluding hydrogens is 328 g/mol. The van der Waals surface area contributed by atoms with Crippen LogP contribution >= 0.6 is 0 Å². The Hall–Kier alpha value is -1.75. The van der Waals surface area contributed by atoms with Crippen LogP contribution in [0.3, 0.4) is 0 Å². The van der Waals surface area contributed by atoms with Crippen molar-refractivity contribution >= 4 is 5.91 Å². The highest BCUT2D eigenvalue weighted by atomic mass is 16.6. The van der Waals surface area contributed by atoms with Gasteiger partial charge in [0.05, 0.1) is 5.92 Å². The number of amides is 1. The van der Waals surface area contributed by atoms with Gasteiger partial charge >= 0.3 is 0 Å². The number of rotatable bonds is 4. The number of para-hydroxylation sites is 1. The van der Waals surface area contributed by atoms with Crippen molar-refractivity contribution in [2.24, 2.45) is 5.92 Å². The first-order valence-corrected chi connectivity index (χ1v) is 10.2. The van der Waals surface area contributed by atoms with Crippen LogP contribution in [0.5, 0.6) is 11.5 Å². The van der Waals surface area contributed by atoms with E-state index in [0.29, 0.717) is 19.3 Å². The smallest absolute Gasteiger partial charge is 0.224 e. The molecule has 4 rings (SSSR count). The van der Waals surface area contributed by atoms with Crippen molar-refractivity contribution in [2.45, 2.75) is 57.5 Å². The van der Waals surface area contributed by atoms with Crippen LogP contribution in [-0.4, -0.2) is 43.2 Å². The van der Waals surface area contributed by atoms with Crippen LogP contribution in [0, 0.1) is 5.92 Å². The molecule has 5 heteroatoms. The number of nitrogens with one attached hydrogen (secondary N) is 1. The quantitative estimate of drug-likeness (QED) is 0.898. The molecule has 1 N–H and O–H groups in total. The van der Waals surface area contributed by atoms with Gasteiger partial charge in [0.2, 0.25) is 5.91 Å². The summed E-state index contributed by atoms with van der Waals surface area (Å²) in [5.41, 5.74) is 1.16. The third kappa shape index (κ3) is 4.14. The first-order valence-electron chi connectivity index (χ1n) is 10.2. The minimum atomic E-state index is 0.113. The van der Waals surface area contributed by atoms with E-state index in [9.17, 15) is 4.79 Å². The Bertz CT molecular complexity index is 628. The summed E-state index contributed by atoms with van der Waals surface area (Å²) in [5.74, 6) is 2.10. The van der Waals surface area contributed by atoms with Gasteiger partial charge in [-0.2, -0.15) is 0 Å². The summed E-state index contributed by atoms with van der Waals surface area (Å²) >= 11 is 0. The molecule has 2 aliphatic heterocycles. The second-order valence-corrected chi connectivity index (χ2v) is 7.86. The highest BCUT2D eigenvalue weighted by Gasteiger charge is 2.28. The Morgan fingerprint density at radius 3 is 2.81 bits per heavy atom. The lowest BCUT2D eigenvalue weighted by Gasteiger charge is -2.34. The van der Waals surface area contributed by atoms with E-state index < -0.39 is 0 Å². The standard InChI is InChI=1S/C21H30N2O3/c24-21(22-18-8-2-1-3-9-18)17-7-5-11-23(15-17)14-16-6-4-10-19-20(16)26-13-12-25-19/h4,6,10,17-18H,1-3,5,7-9,11-15H2,(H,22,24). The van der Waals surface area contributed by atoms with Gasteiger partial charge in [-0.25, -0.2) is 0 Å². The number of benzene rings is 1. The van der Waals surface area contributed by atoms with E-state index in [4.69, 9.17) is 9.47 Å². The number of carbonyl (C=O) groups is 1. The van der Waals surface area contributed by atoms with Gasteiger partial charge in [-0.05, 0) is 38.3 Å². The predicted molar refractivity (Wildman–Crippen MR) is 100 cm³/mol. The Morgan fingerprint density at radius 2 is 1.92 bits per heavy atom. The minimum Gasteiger partial charge on any atom is -0.486 e. The molecule has 142 valence electrons. The van der Waals surface area contributed by atoms with Crippen molar-refractivity contribution in [3.05, 3.63) is 23.8 Å². The topological polar surface area (TPSA) is 50.8 Å². The maximum atomic E-state index is 12.7. The Labute approximate surface area is 156 Å². The lowest BCUT2D eigenvalue weighted by molar-refractivity contribution is -0.127. The Kier molecular flexibility index (Phi) is 5.63. The molecule has 1 unspecified atom stereocenters. The van der Waals surface area contributed by atoms with Gasteiger partial charge in [-0.15, -0.1) is 0 Å². The van der Waals surface area contributed by atoms with E-state index >= 15 is 0 Å². The van der Waals surface area contributed by atoms with Gasteiger partial charge in [-0.3, -0.25) is 9.69 Å². The molecule has 1 aliphatic carbocycles. The molecule has 1 aromatic rings. The van der Waals surface area contributed by atoms with Crippen molar-refractivity contribution in [2.75, 3.05) is 26.3 Å². The van der Waals surface area contributed by atoms with E-state index in [1.54, 1.807) is 0 Å². The molecule has 1 aromatic carbocycles. The molecular formula is C21H30N2O3. The first kappa shape index (κ1) is 17.7. The maximum Gasteiger partial charge on any atom is 0.224 e. The average Bonchev–Trinajstić information content (AvgIpc) is 2.69. The van der Waals surface area contributed by atoms with Gasteiger partial charge in [-0.1, -0.05) is 31.4 Å². The molecule has 0 radical (unpaired) electrons. The van der Waals surface area contributed by atoms with Crippen molar-refractivity contribution in [1.29, 1.82) is 0 Å². The fraction of sp³-hybridized carbons (Fsp3) is 0.667. The minimum absolute atomic E-state index is 0.113. The van der Waals surface area contributed by atoms with Crippen LogP contribution in [0.25, 0.3) is 0 Å². The fourth-order valence-electron chi connectivity index (χ4n) is 4.48. The molecule has 2 heterocycles. The lowest BCUT2D eigenvalue weighted by Crippen LogP contribution is -2.46. The third-order valence-corrected chi connectivity index (χ3v) is 5.87. The molecule has 1 atom stereocenters. The van der Waals surface area contributed by atoms with Crippen LogP contribution < -0.4 is 14.8 Å². The number of ether oxygens (including phenoxy) is 2. The van der Waals surface area contributed by atoms with Crippen LogP contribution in [0.15, 0.2) is 18.2 Å². The van der Waals surface area contributed by atoms with E-state index in [-0.39, 0.29) is 11.8 Å². The number of likely N-dealkylation sites (tertiary alicyclic amines) is 1. The zero-order valence-electron chi connectivity index (χ0n) is 15.5. The fourth-order valence-corrected chi connectivity index (χ4v) is 4.48. The van der Waals surface area contributed by atoms with Gasteiger partial charge < -0.3 is 14.8 Å². The van der Waals surface area contributed by atoms with Gasteiger partial charge in [0.25, 0.3) is 0 Å². The number of piperidine rings is 1. The lowest BCUT2D eigenvalue weighted by atomic mass is 9.93. The number of hydrogen-bond acceptors (Lipinski definition) is 4. The second-order valence-electron chi connectivity index (χ2n) is 7.86. The largest absolute Gasteiger partial charge is 0.486 e. The number of hydrogen-bond donors (Lipinski definition) is 1. The van der Waals surface area contributed by atoms with Crippen molar-refractivity contribution in [3.63, 3.8) is 0 Å². The van der Waals surface area contributed by atoms with E-state index in [1.165, 1.54) is 19.3 Å². The molecule has 0 aromatic heterocycles. The Balaban J connectivity index is 1.35. The second kappa shape index (κ2) is 8.30. The molecule has 2 fully saturated rings. The zero-order valence-corrected chi connectivity index (χ0v) is 15.5. The summed E-state index contributed by atoms with van der Waals surface area (Å²) in [5, 5.41) is 3.31. The van der Waals surface area contributed by atoms with Crippen LogP contribution in [0.2, 0.25) is 0 Å². The first-order chi connectivity index (χ1) is 12.8. The van der Waals surface area contributed by atoms with E-state index in [0.717, 1.165) is 62.4 Å². The Morgan fingerprint density at radius 1 is 1.08 bits per heavy atom. The van der Waals surface area contributed by atoms with Crippen LogP contribution in [-0.2, 0) is 11.3 Å². The van der Waals surface area contributed by atoms with Gasteiger partial charge in [0.15, 0.2) is 11.5 Å². The molecule has 3 aliphatic rings. The van der Waals surface area contributed by atoms with Crippen LogP contribution in [0.4, 0.5) is 0 Å². The van der Waals surface area contributed by atoms with Crippen molar-refractivity contribution < 1.29 is 14.3 Å². The number of carbonyl (C=O) groups excluding carboxylic acids is 1. The van der Waals surface area contributed by atoms with Crippen molar-refractivity contribution in [3.8, 4) is 11.5 Å². The maximum absolute atomic E-state index is 12.7. The SMILES string of the molecule is O=C(NC1CCCCC1)C1CCCN(Cc2cccc3c2OCCO3)C1. The molecule has 0 bridgehead atoms. The van der Waals surface area contributed by atoms with Gasteiger partial charge in [0.1, 0.15) is 13.2 Å². The highest BCUT2D eigenvalue weighted by Crippen LogP contribution is 2.35. The van der Waals surface area contributed by atoms with Gasteiger partial charge in [0, 0.05) is 24.7 Å². The van der Waals surface area contributed by atoms with Crippen molar-refractivity contribution in [1.82, 2.24) is 10.2 Å². The highest BCUT2D eigenvalue weighted by molar-refractivity contribution is 5.79. The number of nitrogens with zero attached hydrogens (tertiary/aromatic N) is 1. The summed E-state index contributed by atoms with van der Waals surface area (Å²) in [7, 11) is 0. The third-order valence-electron chi connectivity index (χ3n) is 5.87. The molecule has 1 saturated heterocycles. The van der Waals surface area contributed by atoms with E-state index in [2.05, 4.69) is 16.3 Å². The summed E-state index contributed by atoms with van der Waals surface area (Å²) in [4.78, 5) is 15.1. The predicted octanol–water partition coefficient (Wildman–Crippen LogP) is 3.12. The molecule has 1 saturated carbocycles. The van der Waals surface area contributed by atoms with Crippen LogP contribution in [0.1, 0.15) is 50.5 Å². The summed E-state index contributed by atoms with van der Waals surface area (Å²) < 4.78 is 11.5. The average molecular weight is 358 g/mol. The number of fused-ring (bicyclic) bond motifs is 1. The molecule has 26 heavy (non-hydrogen) atoms. The molecule has 1 amide bonds.